The molecule has 8 nitrogen and oxygen atoms in total. The van der Waals surface area contributed by atoms with Crippen LogP contribution in [0.25, 0.3) is 16.9 Å². The van der Waals surface area contributed by atoms with Crippen LogP contribution < -0.4 is 5.32 Å². The fourth-order valence-electron chi connectivity index (χ4n) is 3.40. The van der Waals surface area contributed by atoms with E-state index in [2.05, 4.69) is 20.6 Å². The molecule has 140 valence electrons. The van der Waals surface area contributed by atoms with E-state index >= 15 is 0 Å². The van der Waals surface area contributed by atoms with Gasteiger partial charge in [0.25, 0.3) is 0 Å². The average molecular weight is 385 g/mol. The molecular formula is C18H19N5O3S. The molecule has 2 N–H and O–H groups in total. The number of nitrogens with one attached hydrogen (secondary N) is 2. The van der Waals surface area contributed by atoms with Crippen LogP contribution in [0.1, 0.15) is 17.0 Å². The molecule has 1 aliphatic rings. The molecule has 4 rings (SSSR count). The molecule has 0 aliphatic heterocycles. The van der Waals surface area contributed by atoms with Gasteiger partial charge in [-0.1, -0.05) is 0 Å². The van der Waals surface area contributed by atoms with E-state index in [-0.39, 0.29) is 17.2 Å². The van der Waals surface area contributed by atoms with Crippen molar-refractivity contribution in [2.24, 2.45) is 0 Å². The minimum atomic E-state index is -3.27. The SMILES string of the molecule is CNC(=O)Cc1nn(-c2ccc(S(C)(=O)=O)cc2)c2c1CCc1[nH]ncc1-2. The molecule has 3 aromatic rings. The second-order valence-corrected chi connectivity index (χ2v) is 8.58. The molecule has 27 heavy (non-hydrogen) atoms. The molecule has 0 radical (unpaired) electrons. The predicted molar refractivity (Wildman–Crippen MR) is 99.4 cm³/mol. The van der Waals surface area contributed by atoms with E-state index in [1.165, 1.54) is 6.26 Å². The lowest BCUT2D eigenvalue weighted by Gasteiger charge is -2.15. The minimum absolute atomic E-state index is 0.104. The van der Waals surface area contributed by atoms with E-state index in [0.29, 0.717) is 0 Å². The molecule has 2 heterocycles. The summed E-state index contributed by atoms with van der Waals surface area (Å²) in [4.78, 5) is 12.2. The number of carbonyl (C=O) groups excluding carboxylic acids is 1. The van der Waals surface area contributed by atoms with E-state index in [1.54, 1.807) is 42.2 Å². The van der Waals surface area contributed by atoms with Crippen LogP contribution in [0.5, 0.6) is 0 Å². The lowest BCUT2D eigenvalue weighted by molar-refractivity contribution is -0.120. The van der Waals surface area contributed by atoms with E-state index in [0.717, 1.165) is 46.7 Å². The van der Waals surface area contributed by atoms with E-state index in [4.69, 9.17) is 0 Å². The zero-order valence-electron chi connectivity index (χ0n) is 15.0. The average Bonchev–Trinajstić information content (AvgIpc) is 3.25. The van der Waals surface area contributed by atoms with Crippen molar-refractivity contribution in [3.05, 3.63) is 47.4 Å². The zero-order chi connectivity index (χ0) is 19.2. The van der Waals surface area contributed by atoms with Gasteiger partial charge in [-0.25, -0.2) is 13.1 Å². The Labute approximate surface area is 156 Å². The summed E-state index contributed by atoms with van der Waals surface area (Å²) >= 11 is 0. The number of carbonyl (C=O) groups is 1. The largest absolute Gasteiger partial charge is 0.359 e. The molecule has 1 aliphatic carbocycles. The van der Waals surface area contributed by atoms with Crippen molar-refractivity contribution in [2.75, 3.05) is 13.3 Å². The summed E-state index contributed by atoms with van der Waals surface area (Å²) < 4.78 is 25.2. The molecule has 0 spiro atoms. The third kappa shape index (κ3) is 3.03. The summed E-state index contributed by atoms with van der Waals surface area (Å²) in [5.74, 6) is -0.104. The third-order valence-electron chi connectivity index (χ3n) is 4.78. The molecule has 0 saturated carbocycles. The minimum Gasteiger partial charge on any atom is -0.359 e. The Balaban J connectivity index is 1.87. The van der Waals surface area contributed by atoms with Crippen LogP contribution in [-0.4, -0.2) is 47.6 Å². The maximum absolute atomic E-state index is 11.9. The first-order chi connectivity index (χ1) is 12.9. The molecule has 9 heteroatoms. The first-order valence-electron chi connectivity index (χ1n) is 8.53. The van der Waals surface area contributed by atoms with Gasteiger partial charge < -0.3 is 5.32 Å². The second-order valence-electron chi connectivity index (χ2n) is 6.56. The number of aromatic nitrogens is 4. The Morgan fingerprint density at radius 3 is 2.67 bits per heavy atom. The quantitative estimate of drug-likeness (QED) is 0.698. The maximum atomic E-state index is 11.9. The Hall–Kier alpha value is -2.94. The first kappa shape index (κ1) is 17.5. The molecule has 0 fully saturated rings. The molecule has 1 amide bonds. The fraction of sp³-hybridized carbons (Fsp3) is 0.278. The molecule has 0 bridgehead atoms. The van der Waals surface area contributed by atoms with Crippen LogP contribution in [0, 0.1) is 0 Å². The van der Waals surface area contributed by atoms with Crippen molar-refractivity contribution < 1.29 is 13.2 Å². The highest BCUT2D eigenvalue weighted by Gasteiger charge is 2.28. The van der Waals surface area contributed by atoms with E-state index < -0.39 is 9.84 Å². The first-order valence-corrected chi connectivity index (χ1v) is 10.4. The van der Waals surface area contributed by atoms with E-state index in [9.17, 15) is 13.2 Å². The smallest absolute Gasteiger partial charge is 0.225 e. The van der Waals surface area contributed by atoms with Gasteiger partial charge in [0.1, 0.15) is 0 Å². The molecular weight excluding hydrogens is 366 g/mol. The highest BCUT2D eigenvalue weighted by Crippen LogP contribution is 2.36. The number of hydrogen-bond donors (Lipinski definition) is 2. The standard InChI is InChI=1S/C18H19N5O3S/c1-19-17(24)9-16-13-7-8-15-14(10-20-21-15)18(13)23(22-16)11-3-5-12(6-4-11)27(2,25)26/h3-6,10H,7-9H2,1-2H3,(H,19,24)(H,20,21). The number of fused-ring (bicyclic) bond motifs is 3. The van der Waals surface area contributed by atoms with Crippen LogP contribution in [0.3, 0.4) is 0 Å². The molecule has 0 saturated heterocycles. The summed E-state index contributed by atoms with van der Waals surface area (Å²) in [6.07, 6.45) is 4.71. The number of rotatable bonds is 4. The van der Waals surface area contributed by atoms with Gasteiger partial charge in [-0.3, -0.25) is 9.89 Å². The van der Waals surface area contributed by atoms with Gasteiger partial charge in [-0.15, -0.1) is 0 Å². The number of likely N-dealkylation sites (N-methyl/N-ethyl adjacent to an activating group) is 1. The number of aryl methyl sites for hydroxylation is 1. The molecule has 0 atom stereocenters. The van der Waals surface area contributed by atoms with Crippen molar-refractivity contribution in [3.8, 4) is 16.9 Å². The number of benzene rings is 1. The third-order valence-corrected chi connectivity index (χ3v) is 5.91. The summed E-state index contributed by atoms with van der Waals surface area (Å²) in [6, 6.07) is 6.58. The Kier molecular flexibility index (Phi) is 4.11. The fourth-order valence-corrected chi connectivity index (χ4v) is 4.03. The number of amides is 1. The van der Waals surface area contributed by atoms with Gasteiger partial charge in [0.2, 0.25) is 5.91 Å². The zero-order valence-corrected chi connectivity index (χ0v) is 15.8. The number of hydrogen-bond acceptors (Lipinski definition) is 5. The molecule has 0 unspecified atom stereocenters. The monoisotopic (exact) mass is 385 g/mol. The van der Waals surface area contributed by atoms with Crippen molar-refractivity contribution in [1.82, 2.24) is 25.3 Å². The van der Waals surface area contributed by atoms with Gasteiger partial charge in [-0.05, 0) is 37.1 Å². The topological polar surface area (TPSA) is 110 Å². The summed E-state index contributed by atoms with van der Waals surface area (Å²) in [5, 5.41) is 14.5. The maximum Gasteiger partial charge on any atom is 0.225 e. The summed E-state index contributed by atoms with van der Waals surface area (Å²) in [7, 11) is -1.67. The lowest BCUT2D eigenvalue weighted by atomic mass is 9.93. The van der Waals surface area contributed by atoms with E-state index in [1.807, 2.05) is 0 Å². The van der Waals surface area contributed by atoms with Crippen LogP contribution in [0.15, 0.2) is 35.4 Å². The van der Waals surface area contributed by atoms with Crippen molar-refractivity contribution in [1.29, 1.82) is 0 Å². The van der Waals surface area contributed by atoms with Gasteiger partial charge in [-0.2, -0.15) is 10.2 Å². The molecule has 2 aromatic heterocycles. The number of sulfone groups is 1. The van der Waals surface area contributed by atoms with Gasteiger partial charge in [0.15, 0.2) is 9.84 Å². The van der Waals surface area contributed by atoms with Gasteiger partial charge >= 0.3 is 0 Å². The lowest BCUT2D eigenvalue weighted by Crippen LogP contribution is -2.21. The highest BCUT2D eigenvalue weighted by atomic mass is 32.2. The molecule has 1 aromatic carbocycles. The van der Waals surface area contributed by atoms with Crippen LogP contribution in [0.2, 0.25) is 0 Å². The number of aromatic amines is 1. The van der Waals surface area contributed by atoms with Crippen molar-refractivity contribution in [3.63, 3.8) is 0 Å². The van der Waals surface area contributed by atoms with Crippen LogP contribution >= 0.6 is 0 Å². The Morgan fingerprint density at radius 1 is 1.26 bits per heavy atom. The van der Waals surface area contributed by atoms with Crippen molar-refractivity contribution in [2.45, 2.75) is 24.2 Å². The Bertz CT molecular complexity index is 1130. The van der Waals surface area contributed by atoms with Crippen LogP contribution in [0.4, 0.5) is 0 Å². The Morgan fingerprint density at radius 2 is 2.00 bits per heavy atom. The number of H-pyrrole nitrogens is 1. The summed E-state index contributed by atoms with van der Waals surface area (Å²) in [5.41, 5.74) is 5.37. The number of nitrogens with zero attached hydrogens (tertiary/aromatic N) is 3. The van der Waals surface area contributed by atoms with Crippen molar-refractivity contribution >= 4 is 15.7 Å². The van der Waals surface area contributed by atoms with Gasteiger partial charge in [0.05, 0.1) is 34.6 Å². The van der Waals surface area contributed by atoms with Gasteiger partial charge in [0, 0.05) is 30.1 Å². The second kappa shape index (κ2) is 6.34. The predicted octanol–water partition coefficient (Wildman–Crippen LogP) is 1.05. The highest BCUT2D eigenvalue weighted by molar-refractivity contribution is 7.90. The normalized spacial score (nSPS) is 13.1. The van der Waals surface area contributed by atoms with Crippen LogP contribution in [-0.2, 0) is 33.9 Å². The summed E-state index contributed by atoms with van der Waals surface area (Å²) in [6.45, 7) is 0.